The van der Waals surface area contributed by atoms with Gasteiger partial charge in [0.1, 0.15) is 0 Å². The standard InChI is InChI=1S/C15H19NO2S/c1-19(18)11-13-8-4-5-9-14(13)16-15(17)10-12-6-2-3-7-12/h2,4-6,8-9,12H,3,7,10-11H2,1H3,(H,16,17)/t12-,19+/m0/s1. The lowest BCUT2D eigenvalue weighted by Crippen LogP contribution is -2.16. The predicted octanol–water partition coefficient (Wildman–Crippen LogP) is 2.86. The summed E-state index contributed by atoms with van der Waals surface area (Å²) >= 11 is 0. The second-order valence-corrected chi connectivity index (χ2v) is 6.33. The number of amides is 1. The number of carbonyl (C=O) groups is 1. The molecule has 1 aliphatic rings. The molecule has 3 nitrogen and oxygen atoms in total. The SMILES string of the molecule is C[S@@](=O)Cc1ccccc1NC(=O)C[C@H]1C=CCC1. The number of hydrogen-bond donors (Lipinski definition) is 1. The van der Waals surface area contributed by atoms with Gasteiger partial charge in [-0.3, -0.25) is 9.00 Å². The summed E-state index contributed by atoms with van der Waals surface area (Å²) in [6, 6.07) is 7.56. The summed E-state index contributed by atoms with van der Waals surface area (Å²) in [6.07, 6.45) is 8.58. The third-order valence-electron chi connectivity index (χ3n) is 3.21. The monoisotopic (exact) mass is 277 g/mol. The molecule has 0 heterocycles. The highest BCUT2D eigenvalue weighted by Crippen LogP contribution is 2.22. The smallest absolute Gasteiger partial charge is 0.224 e. The van der Waals surface area contributed by atoms with Gasteiger partial charge in [-0.15, -0.1) is 0 Å². The summed E-state index contributed by atoms with van der Waals surface area (Å²) in [7, 11) is -0.908. The second-order valence-electron chi connectivity index (χ2n) is 4.89. The van der Waals surface area contributed by atoms with Gasteiger partial charge in [0.05, 0.1) is 5.75 Å². The number of benzene rings is 1. The zero-order valence-corrected chi connectivity index (χ0v) is 11.9. The van der Waals surface area contributed by atoms with E-state index in [2.05, 4.69) is 17.5 Å². The molecule has 0 unspecified atom stereocenters. The van der Waals surface area contributed by atoms with Gasteiger partial charge in [0.2, 0.25) is 5.91 Å². The summed E-state index contributed by atoms with van der Waals surface area (Å²) in [6.45, 7) is 0. The molecule has 1 aromatic carbocycles. The lowest BCUT2D eigenvalue weighted by molar-refractivity contribution is -0.116. The van der Waals surface area contributed by atoms with Crippen molar-refractivity contribution < 1.29 is 9.00 Å². The molecule has 0 aliphatic heterocycles. The maximum absolute atomic E-state index is 12.0. The highest BCUT2D eigenvalue weighted by Gasteiger charge is 2.15. The van der Waals surface area contributed by atoms with Crippen LogP contribution >= 0.6 is 0 Å². The van der Waals surface area contributed by atoms with Gasteiger partial charge in [-0.1, -0.05) is 30.4 Å². The molecule has 19 heavy (non-hydrogen) atoms. The average molecular weight is 277 g/mol. The Balaban J connectivity index is 1.99. The van der Waals surface area contributed by atoms with Crippen LogP contribution in [-0.2, 0) is 21.3 Å². The van der Waals surface area contributed by atoms with Crippen LogP contribution in [0.3, 0.4) is 0 Å². The van der Waals surface area contributed by atoms with E-state index in [9.17, 15) is 9.00 Å². The lowest BCUT2D eigenvalue weighted by atomic mass is 10.0. The summed E-state index contributed by atoms with van der Waals surface area (Å²) in [5.41, 5.74) is 1.71. The fourth-order valence-corrected chi connectivity index (χ4v) is 2.98. The van der Waals surface area contributed by atoms with Crippen molar-refractivity contribution in [2.75, 3.05) is 11.6 Å². The van der Waals surface area contributed by atoms with Gasteiger partial charge in [-0.05, 0) is 30.4 Å². The van der Waals surface area contributed by atoms with Crippen LogP contribution in [0.4, 0.5) is 5.69 Å². The minimum atomic E-state index is -0.908. The van der Waals surface area contributed by atoms with Gasteiger partial charge < -0.3 is 5.32 Å². The van der Waals surface area contributed by atoms with Gasteiger partial charge >= 0.3 is 0 Å². The van der Waals surface area contributed by atoms with Crippen molar-refractivity contribution in [1.82, 2.24) is 0 Å². The van der Waals surface area contributed by atoms with E-state index >= 15 is 0 Å². The maximum atomic E-state index is 12.0. The Bertz CT molecular complexity index is 511. The molecular formula is C15H19NO2S. The fourth-order valence-electron chi connectivity index (χ4n) is 2.29. The van der Waals surface area contributed by atoms with Crippen molar-refractivity contribution >= 4 is 22.4 Å². The third kappa shape index (κ3) is 4.31. The molecule has 1 N–H and O–H groups in total. The van der Waals surface area contributed by atoms with Crippen LogP contribution in [0, 0.1) is 5.92 Å². The Labute approximate surface area is 116 Å². The highest BCUT2D eigenvalue weighted by molar-refractivity contribution is 7.83. The van der Waals surface area contributed by atoms with Gasteiger partial charge in [-0.2, -0.15) is 0 Å². The molecule has 1 aromatic rings. The minimum Gasteiger partial charge on any atom is -0.326 e. The number of carbonyl (C=O) groups excluding carboxylic acids is 1. The molecule has 2 atom stereocenters. The van der Waals surface area contributed by atoms with E-state index in [4.69, 9.17) is 0 Å². The van der Waals surface area contributed by atoms with Crippen LogP contribution < -0.4 is 5.32 Å². The molecule has 0 saturated heterocycles. The van der Waals surface area contributed by atoms with Gasteiger partial charge in [0.15, 0.2) is 0 Å². The van der Waals surface area contributed by atoms with Crippen LogP contribution in [-0.4, -0.2) is 16.4 Å². The van der Waals surface area contributed by atoms with E-state index in [-0.39, 0.29) is 5.91 Å². The van der Waals surface area contributed by atoms with Crippen molar-refractivity contribution in [3.05, 3.63) is 42.0 Å². The van der Waals surface area contributed by atoms with Crippen LogP contribution in [0.25, 0.3) is 0 Å². The Morgan fingerprint density at radius 3 is 2.89 bits per heavy atom. The summed E-state index contributed by atoms with van der Waals surface area (Å²) in [5.74, 6) is 0.873. The van der Waals surface area contributed by atoms with E-state index in [1.165, 1.54) is 0 Å². The number of nitrogens with one attached hydrogen (secondary N) is 1. The van der Waals surface area contributed by atoms with Crippen LogP contribution in [0.2, 0.25) is 0 Å². The van der Waals surface area contributed by atoms with Crippen LogP contribution in [0.15, 0.2) is 36.4 Å². The average Bonchev–Trinajstić information content (AvgIpc) is 2.83. The van der Waals surface area contributed by atoms with Crippen LogP contribution in [0.1, 0.15) is 24.8 Å². The first-order valence-corrected chi connectivity index (χ1v) is 8.22. The van der Waals surface area contributed by atoms with E-state index in [0.29, 0.717) is 18.1 Å². The van der Waals surface area contributed by atoms with Crippen LogP contribution in [0.5, 0.6) is 0 Å². The zero-order valence-electron chi connectivity index (χ0n) is 11.1. The van der Waals surface area contributed by atoms with Crippen molar-refractivity contribution in [3.63, 3.8) is 0 Å². The van der Waals surface area contributed by atoms with Gasteiger partial charge in [0.25, 0.3) is 0 Å². The number of hydrogen-bond acceptors (Lipinski definition) is 2. The molecule has 0 aromatic heterocycles. The van der Waals surface area contributed by atoms with E-state index in [0.717, 1.165) is 24.1 Å². The molecule has 0 bridgehead atoms. The van der Waals surface area contributed by atoms with E-state index in [1.807, 2.05) is 24.3 Å². The Kier molecular flexibility index (Phi) is 4.91. The van der Waals surface area contributed by atoms with Crippen molar-refractivity contribution in [1.29, 1.82) is 0 Å². The second kappa shape index (κ2) is 6.66. The van der Waals surface area contributed by atoms with Crippen molar-refractivity contribution in [2.24, 2.45) is 5.92 Å². The van der Waals surface area contributed by atoms with E-state index < -0.39 is 10.8 Å². The summed E-state index contributed by atoms with van der Waals surface area (Å²) < 4.78 is 11.3. The number of allylic oxidation sites excluding steroid dienone is 2. The number of anilines is 1. The Hall–Kier alpha value is -1.42. The van der Waals surface area contributed by atoms with Crippen molar-refractivity contribution in [2.45, 2.75) is 25.0 Å². The molecule has 0 radical (unpaired) electrons. The first-order chi connectivity index (χ1) is 9.15. The topological polar surface area (TPSA) is 46.2 Å². The molecule has 2 rings (SSSR count). The van der Waals surface area contributed by atoms with Gasteiger partial charge in [-0.25, -0.2) is 0 Å². The summed E-state index contributed by atoms with van der Waals surface area (Å²) in [5, 5.41) is 2.94. The number of rotatable bonds is 5. The Morgan fingerprint density at radius 1 is 1.42 bits per heavy atom. The maximum Gasteiger partial charge on any atom is 0.224 e. The molecule has 4 heteroatoms. The third-order valence-corrected chi connectivity index (χ3v) is 3.93. The molecule has 0 fully saturated rings. The molecule has 0 spiro atoms. The molecule has 1 aliphatic carbocycles. The Morgan fingerprint density at radius 2 is 2.21 bits per heavy atom. The molecule has 0 saturated carbocycles. The number of para-hydroxylation sites is 1. The first-order valence-electron chi connectivity index (χ1n) is 6.49. The molecule has 1 amide bonds. The normalized spacial score (nSPS) is 19.3. The fraction of sp³-hybridized carbons (Fsp3) is 0.400. The van der Waals surface area contributed by atoms with E-state index in [1.54, 1.807) is 6.26 Å². The molecule has 102 valence electrons. The predicted molar refractivity (Wildman–Crippen MR) is 79.3 cm³/mol. The van der Waals surface area contributed by atoms with Gasteiger partial charge in [0, 0.05) is 29.2 Å². The van der Waals surface area contributed by atoms with Crippen molar-refractivity contribution in [3.8, 4) is 0 Å². The largest absolute Gasteiger partial charge is 0.326 e. The minimum absolute atomic E-state index is 0.0332. The molecular weight excluding hydrogens is 258 g/mol. The zero-order chi connectivity index (χ0) is 13.7. The quantitative estimate of drug-likeness (QED) is 0.841. The lowest BCUT2D eigenvalue weighted by Gasteiger charge is -2.12. The first kappa shape index (κ1) is 14.0. The highest BCUT2D eigenvalue weighted by atomic mass is 32.2. The summed E-state index contributed by atoms with van der Waals surface area (Å²) in [4.78, 5) is 12.0.